The van der Waals surface area contributed by atoms with Gasteiger partial charge < -0.3 is 19.5 Å². The number of anilines is 2. The summed E-state index contributed by atoms with van der Waals surface area (Å²) in [7, 11) is 0. The molecule has 0 bridgehead atoms. The molecular weight excluding hydrogens is 278 g/mol. The van der Waals surface area contributed by atoms with E-state index in [0.717, 1.165) is 45.0 Å². The van der Waals surface area contributed by atoms with Gasteiger partial charge in [-0.05, 0) is 31.5 Å². The van der Waals surface area contributed by atoms with Gasteiger partial charge in [-0.1, -0.05) is 23.3 Å². The topological polar surface area (TPSA) is 57.4 Å². The van der Waals surface area contributed by atoms with Crippen molar-refractivity contribution in [3.8, 4) is 0 Å². The van der Waals surface area contributed by atoms with E-state index in [1.807, 2.05) is 0 Å². The molecule has 3 heterocycles. The Labute approximate surface area is 130 Å². The van der Waals surface area contributed by atoms with Crippen LogP contribution < -0.4 is 15.1 Å². The summed E-state index contributed by atoms with van der Waals surface area (Å²) in [5, 5.41) is 11.8. The Morgan fingerprint density at radius 3 is 2.50 bits per heavy atom. The zero-order valence-electron chi connectivity index (χ0n) is 12.6. The van der Waals surface area contributed by atoms with Gasteiger partial charge in [0.05, 0.1) is 6.04 Å². The second kappa shape index (κ2) is 5.96. The van der Waals surface area contributed by atoms with Crippen LogP contribution in [0.4, 0.5) is 11.7 Å². The third kappa shape index (κ3) is 2.66. The zero-order valence-corrected chi connectivity index (χ0v) is 12.6. The van der Waals surface area contributed by atoms with Crippen molar-refractivity contribution in [2.24, 2.45) is 0 Å². The number of nitrogens with one attached hydrogen (secondary N) is 1. The van der Waals surface area contributed by atoms with Crippen molar-refractivity contribution < 1.29 is 4.42 Å². The van der Waals surface area contributed by atoms with Gasteiger partial charge in [0.25, 0.3) is 0 Å². The largest absolute Gasteiger partial charge is 0.406 e. The molecule has 2 aliphatic rings. The van der Waals surface area contributed by atoms with Gasteiger partial charge in [-0.15, -0.1) is 5.10 Å². The summed E-state index contributed by atoms with van der Waals surface area (Å²) >= 11 is 0. The van der Waals surface area contributed by atoms with Crippen LogP contribution in [0.2, 0.25) is 0 Å². The van der Waals surface area contributed by atoms with E-state index in [1.165, 1.54) is 12.1 Å². The average molecular weight is 299 g/mol. The molecule has 0 radical (unpaired) electrons. The highest BCUT2D eigenvalue weighted by Crippen LogP contribution is 2.25. The molecule has 4 rings (SSSR count). The number of hydrogen-bond acceptors (Lipinski definition) is 6. The lowest BCUT2D eigenvalue weighted by atomic mass is 10.2. The fraction of sp³-hybridized carbons (Fsp3) is 0.500. The van der Waals surface area contributed by atoms with Crippen LogP contribution in [0.1, 0.15) is 24.8 Å². The first kappa shape index (κ1) is 13.6. The lowest BCUT2D eigenvalue weighted by Crippen LogP contribution is -2.46. The number of rotatable bonds is 3. The average Bonchev–Trinajstić information content (AvgIpc) is 3.27. The Bertz CT molecular complexity index is 600. The minimum atomic E-state index is 0.242. The van der Waals surface area contributed by atoms with Crippen LogP contribution in [-0.2, 0) is 0 Å². The number of hydrogen-bond donors (Lipinski definition) is 1. The minimum absolute atomic E-state index is 0.242. The lowest BCUT2D eigenvalue weighted by molar-refractivity contribution is 0.422. The molecule has 0 saturated carbocycles. The molecule has 22 heavy (non-hydrogen) atoms. The van der Waals surface area contributed by atoms with E-state index in [4.69, 9.17) is 4.42 Å². The molecule has 1 N–H and O–H groups in total. The maximum Gasteiger partial charge on any atom is 0.318 e. The van der Waals surface area contributed by atoms with E-state index in [-0.39, 0.29) is 6.04 Å². The van der Waals surface area contributed by atoms with Crippen LogP contribution in [0, 0.1) is 0 Å². The van der Waals surface area contributed by atoms with E-state index in [9.17, 15) is 0 Å². The molecule has 0 amide bonds. The van der Waals surface area contributed by atoms with Crippen molar-refractivity contribution in [3.63, 3.8) is 0 Å². The highest BCUT2D eigenvalue weighted by atomic mass is 16.4. The van der Waals surface area contributed by atoms with Gasteiger partial charge in [-0.2, -0.15) is 0 Å². The predicted octanol–water partition coefficient (Wildman–Crippen LogP) is 1.82. The minimum Gasteiger partial charge on any atom is -0.406 e. The fourth-order valence-corrected chi connectivity index (χ4v) is 3.19. The number of piperazine rings is 1. The summed E-state index contributed by atoms with van der Waals surface area (Å²) < 4.78 is 5.87. The van der Waals surface area contributed by atoms with E-state index in [0.29, 0.717) is 6.01 Å². The molecule has 1 aromatic carbocycles. The number of benzene rings is 1. The number of nitrogens with zero attached hydrogens (tertiary/aromatic N) is 4. The third-order valence-corrected chi connectivity index (χ3v) is 4.46. The standard InChI is InChI=1S/C16H21N5O/c1-2-5-13(6-3-1)20-9-11-21(12-10-20)16-19-18-15(22-16)14-7-4-8-17-14/h1-3,5-6,14,17H,4,7-12H2. The molecule has 6 nitrogen and oxygen atoms in total. The van der Waals surface area contributed by atoms with Crippen LogP contribution in [0.25, 0.3) is 0 Å². The molecular formula is C16H21N5O. The fourth-order valence-electron chi connectivity index (χ4n) is 3.19. The van der Waals surface area contributed by atoms with Crippen LogP contribution in [0.5, 0.6) is 0 Å². The molecule has 1 aromatic heterocycles. The molecule has 2 fully saturated rings. The third-order valence-electron chi connectivity index (χ3n) is 4.46. The quantitative estimate of drug-likeness (QED) is 0.933. The number of aromatic nitrogens is 2. The van der Waals surface area contributed by atoms with Gasteiger partial charge in [-0.3, -0.25) is 0 Å². The van der Waals surface area contributed by atoms with Gasteiger partial charge in [0.2, 0.25) is 5.89 Å². The summed E-state index contributed by atoms with van der Waals surface area (Å²) in [6, 6.07) is 11.4. The smallest absolute Gasteiger partial charge is 0.318 e. The van der Waals surface area contributed by atoms with E-state index in [1.54, 1.807) is 0 Å². The molecule has 2 saturated heterocycles. The van der Waals surface area contributed by atoms with Gasteiger partial charge in [0.15, 0.2) is 0 Å². The Morgan fingerprint density at radius 1 is 1.00 bits per heavy atom. The van der Waals surface area contributed by atoms with Crippen molar-refractivity contribution in [3.05, 3.63) is 36.2 Å². The molecule has 1 unspecified atom stereocenters. The van der Waals surface area contributed by atoms with Crippen molar-refractivity contribution >= 4 is 11.7 Å². The molecule has 0 spiro atoms. The molecule has 2 aromatic rings. The van der Waals surface area contributed by atoms with E-state index in [2.05, 4.69) is 55.6 Å². The first-order valence-electron chi connectivity index (χ1n) is 8.02. The maximum absolute atomic E-state index is 5.87. The van der Waals surface area contributed by atoms with Gasteiger partial charge in [0.1, 0.15) is 0 Å². The molecule has 6 heteroatoms. The maximum atomic E-state index is 5.87. The second-order valence-corrected chi connectivity index (χ2v) is 5.88. The Hall–Kier alpha value is -2.08. The van der Waals surface area contributed by atoms with Crippen LogP contribution in [0.3, 0.4) is 0 Å². The first-order chi connectivity index (χ1) is 10.9. The Morgan fingerprint density at radius 2 is 1.77 bits per heavy atom. The summed E-state index contributed by atoms with van der Waals surface area (Å²) in [5.41, 5.74) is 1.28. The zero-order chi connectivity index (χ0) is 14.8. The van der Waals surface area contributed by atoms with E-state index >= 15 is 0 Å². The molecule has 0 aliphatic carbocycles. The predicted molar refractivity (Wildman–Crippen MR) is 85.1 cm³/mol. The first-order valence-corrected chi connectivity index (χ1v) is 8.02. The Kier molecular flexibility index (Phi) is 3.68. The summed E-state index contributed by atoms with van der Waals surface area (Å²) in [5.74, 6) is 0.734. The summed E-state index contributed by atoms with van der Waals surface area (Å²) in [4.78, 5) is 4.58. The highest BCUT2D eigenvalue weighted by molar-refractivity contribution is 5.47. The molecule has 2 aliphatic heterocycles. The SMILES string of the molecule is c1ccc(N2CCN(c3nnc(C4CCCN4)o3)CC2)cc1. The Balaban J connectivity index is 1.39. The van der Waals surface area contributed by atoms with Crippen molar-refractivity contribution in [1.29, 1.82) is 0 Å². The van der Waals surface area contributed by atoms with Crippen molar-refractivity contribution in [2.45, 2.75) is 18.9 Å². The van der Waals surface area contributed by atoms with Gasteiger partial charge in [0, 0.05) is 31.9 Å². The monoisotopic (exact) mass is 299 g/mol. The van der Waals surface area contributed by atoms with Crippen molar-refractivity contribution in [1.82, 2.24) is 15.5 Å². The normalized spacial score (nSPS) is 22.3. The van der Waals surface area contributed by atoms with E-state index < -0.39 is 0 Å². The van der Waals surface area contributed by atoms with Gasteiger partial charge >= 0.3 is 6.01 Å². The summed E-state index contributed by atoms with van der Waals surface area (Å²) in [6.45, 7) is 4.81. The number of para-hydroxylation sites is 1. The highest BCUT2D eigenvalue weighted by Gasteiger charge is 2.25. The van der Waals surface area contributed by atoms with Crippen LogP contribution >= 0.6 is 0 Å². The molecule has 1 atom stereocenters. The summed E-state index contributed by atoms with van der Waals surface area (Å²) in [6.07, 6.45) is 2.27. The van der Waals surface area contributed by atoms with Gasteiger partial charge in [-0.25, -0.2) is 0 Å². The lowest BCUT2D eigenvalue weighted by Gasteiger charge is -2.35. The van der Waals surface area contributed by atoms with Crippen LogP contribution in [-0.4, -0.2) is 42.9 Å². The van der Waals surface area contributed by atoms with Crippen LogP contribution in [0.15, 0.2) is 34.7 Å². The molecule has 116 valence electrons. The second-order valence-electron chi connectivity index (χ2n) is 5.88. The van der Waals surface area contributed by atoms with Crippen molar-refractivity contribution in [2.75, 3.05) is 42.5 Å².